The third-order valence-corrected chi connectivity index (χ3v) is 4.00. The molecule has 0 spiro atoms. The van der Waals surface area contributed by atoms with Gasteiger partial charge in [0.2, 0.25) is 0 Å². The predicted octanol–water partition coefficient (Wildman–Crippen LogP) is 5.12. The van der Waals surface area contributed by atoms with E-state index in [1.165, 1.54) is 22.3 Å². The Labute approximate surface area is 127 Å². The molecule has 2 heteroatoms. The van der Waals surface area contributed by atoms with Gasteiger partial charge in [0.05, 0.1) is 0 Å². The van der Waals surface area contributed by atoms with Crippen LogP contribution in [0.15, 0.2) is 36.4 Å². The first kappa shape index (κ1) is 15.1. The van der Waals surface area contributed by atoms with Crippen LogP contribution in [0.25, 0.3) is 11.1 Å². The van der Waals surface area contributed by atoms with Gasteiger partial charge in [-0.25, -0.2) is 0 Å². The van der Waals surface area contributed by atoms with E-state index >= 15 is 0 Å². The van der Waals surface area contributed by atoms with Crippen LogP contribution >= 0.6 is 11.6 Å². The molecule has 0 heterocycles. The normalized spacial score (nSPS) is 10.8. The van der Waals surface area contributed by atoms with Crippen molar-refractivity contribution in [3.63, 3.8) is 0 Å². The molecule has 0 saturated heterocycles. The molecule has 0 aliphatic heterocycles. The van der Waals surface area contributed by atoms with E-state index in [1.54, 1.807) is 0 Å². The molecule has 0 saturated carbocycles. The van der Waals surface area contributed by atoms with Crippen molar-refractivity contribution in [3.8, 4) is 11.1 Å². The third kappa shape index (κ3) is 3.41. The molecule has 0 aliphatic carbocycles. The van der Waals surface area contributed by atoms with Crippen LogP contribution in [-0.4, -0.2) is 6.54 Å². The fourth-order valence-corrected chi connectivity index (χ4v) is 2.64. The molecule has 0 unspecified atom stereocenters. The molecule has 2 aromatic carbocycles. The maximum Gasteiger partial charge on any atom is 0.0487 e. The van der Waals surface area contributed by atoms with Gasteiger partial charge in [-0.15, -0.1) is 0 Å². The first-order chi connectivity index (χ1) is 9.63. The fraction of sp³-hybridized carbons (Fsp3) is 0.333. The van der Waals surface area contributed by atoms with E-state index in [9.17, 15) is 0 Å². The summed E-state index contributed by atoms with van der Waals surface area (Å²) in [5.41, 5.74) is 6.17. The molecule has 2 rings (SSSR count). The third-order valence-electron chi connectivity index (χ3n) is 3.68. The summed E-state index contributed by atoms with van der Waals surface area (Å²) in [4.78, 5) is 0. The van der Waals surface area contributed by atoms with Gasteiger partial charge >= 0.3 is 0 Å². The van der Waals surface area contributed by atoms with Crippen LogP contribution in [0.2, 0.25) is 5.02 Å². The molecule has 0 amide bonds. The zero-order valence-corrected chi connectivity index (χ0v) is 13.2. The van der Waals surface area contributed by atoms with Gasteiger partial charge in [0.25, 0.3) is 0 Å². The van der Waals surface area contributed by atoms with E-state index in [4.69, 9.17) is 11.6 Å². The van der Waals surface area contributed by atoms with E-state index < -0.39 is 0 Å². The average molecular weight is 288 g/mol. The second kappa shape index (κ2) is 6.92. The molecule has 106 valence electrons. The standard InChI is InChI=1S/C18H22ClN/c1-4-10-20-12-15-8-9-17(18(19)11-15)16-7-5-6-13(2)14(16)3/h5-9,11,20H,4,10,12H2,1-3H3. The van der Waals surface area contributed by atoms with E-state index in [0.717, 1.165) is 30.1 Å². The zero-order chi connectivity index (χ0) is 14.5. The topological polar surface area (TPSA) is 12.0 Å². The second-order valence-electron chi connectivity index (χ2n) is 5.24. The highest BCUT2D eigenvalue weighted by Gasteiger charge is 2.08. The van der Waals surface area contributed by atoms with Gasteiger partial charge in [-0.3, -0.25) is 0 Å². The SMILES string of the molecule is CCCNCc1ccc(-c2cccc(C)c2C)c(Cl)c1. The molecule has 2 aromatic rings. The second-order valence-corrected chi connectivity index (χ2v) is 5.65. The molecule has 1 N–H and O–H groups in total. The van der Waals surface area contributed by atoms with Crippen molar-refractivity contribution >= 4 is 11.6 Å². The van der Waals surface area contributed by atoms with E-state index in [-0.39, 0.29) is 0 Å². The Hall–Kier alpha value is -1.31. The molecular formula is C18H22ClN. The number of hydrogen-bond acceptors (Lipinski definition) is 1. The lowest BCUT2D eigenvalue weighted by Crippen LogP contribution is -2.13. The van der Waals surface area contributed by atoms with Crippen LogP contribution in [0.3, 0.4) is 0 Å². The van der Waals surface area contributed by atoms with Crippen molar-refractivity contribution in [3.05, 3.63) is 58.1 Å². The lowest BCUT2D eigenvalue weighted by molar-refractivity contribution is 0.675. The molecule has 0 fully saturated rings. The van der Waals surface area contributed by atoms with Crippen LogP contribution in [0.1, 0.15) is 30.0 Å². The summed E-state index contributed by atoms with van der Waals surface area (Å²) >= 11 is 6.47. The monoisotopic (exact) mass is 287 g/mol. The Balaban J connectivity index is 2.27. The van der Waals surface area contributed by atoms with Crippen molar-refractivity contribution in [1.82, 2.24) is 5.32 Å². The molecule has 0 aliphatic rings. The molecule has 0 atom stereocenters. The van der Waals surface area contributed by atoms with E-state index in [1.807, 2.05) is 0 Å². The number of hydrogen-bond donors (Lipinski definition) is 1. The van der Waals surface area contributed by atoms with Crippen molar-refractivity contribution in [2.45, 2.75) is 33.7 Å². The zero-order valence-electron chi connectivity index (χ0n) is 12.5. The highest BCUT2D eigenvalue weighted by Crippen LogP contribution is 2.32. The number of rotatable bonds is 5. The molecule has 20 heavy (non-hydrogen) atoms. The first-order valence-electron chi connectivity index (χ1n) is 7.19. The lowest BCUT2D eigenvalue weighted by Gasteiger charge is -2.12. The van der Waals surface area contributed by atoms with Gasteiger partial charge in [-0.1, -0.05) is 48.9 Å². The van der Waals surface area contributed by atoms with Gasteiger partial charge in [0.1, 0.15) is 0 Å². The summed E-state index contributed by atoms with van der Waals surface area (Å²) in [6, 6.07) is 12.7. The molecule has 0 bridgehead atoms. The van der Waals surface area contributed by atoms with Crippen molar-refractivity contribution in [2.24, 2.45) is 0 Å². The van der Waals surface area contributed by atoms with Crippen molar-refractivity contribution in [1.29, 1.82) is 0 Å². The maximum atomic E-state index is 6.47. The molecular weight excluding hydrogens is 266 g/mol. The number of benzene rings is 2. The van der Waals surface area contributed by atoms with Gasteiger partial charge in [-0.05, 0) is 55.1 Å². The van der Waals surface area contributed by atoms with Gasteiger partial charge < -0.3 is 5.32 Å². The largest absolute Gasteiger partial charge is 0.313 e. The molecule has 0 radical (unpaired) electrons. The van der Waals surface area contributed by atoms with Crippen LogP contribution in [0.4, 0.5) is 0 Å². The van der Waals surface area contributed by atoms with Crippen molar-refractivity contribution in [2.75, 3.05) is 6.54 Å². The highest BCUT2D eigenvalue weighted by atomic mass is 35.5. The summed E-state index contributed by atoms with van der Waals surface area (Å²) in [6.07, 6.45) is 1.15. The lowest BCUT2D eigenvalue weighted by atomic mass is 9.96. The first-order valence-corrected chi connectivity index (χ1v) is 7.57. The average Bonchev–Trinajstić information content (AvgIpc) is 2.43. The molecule has 0 aromatic heterocycles. The summed E-state index contributed by atoms with van der Waals surface area (Å²) in [7, 11) is 0. The Kier molecular flexibility index (Phi) is 5.22. The van der Waals surface area contributed by atoms with Gasteiger partial charge in [0, 0.05) is 17.1 Å². The van der Waals surface area contributed by atoms with Gasteiger partial charge in [0.15, 0.2) is 0 Å². The quantitative estimate of drug-likeness (QED) is 0.752. The van der Waals surface area contributed by atoms with Crippen LogP contribution in [0, 0.1) is 13.8 Å². The van der Waals surface area contributed by atoms with Crippen LogP contribution < -0.4 is 5.32 Å². The minimum Gasteiger partial charge on any atom is -0.313 e. The van der Waals surface area contributed by atoms with E-state index in [0.29, 0.717) is 0 Å². The Bertz CT molecular complexity index is 590. The smallest absolute Gasteiger partial charge is 0.0487 e. The predicted molar refractivity (Wildman–Crippen MR) is 88.4 cm³/mol. The van der Waals surface area contributed by atoms with Crippen LogP contribution in [0.5, 0.6) is 0 Å². The minimum absolute atomic E-state index is 0.828. The molecule has 1 nitrogen and oxygen atoms in total. The number of nitrogens with one attached hydrogen (secondary N) is 1. The number of halogens is 1. The summed E-state index contributed by atoms with van der Waals surface area (Å²) < 4.78 is 0. The Morgan fingerprint density at radius 1 is 1.05 bits per heavy atom. The van der Waals surface area contributed by atoms with Gasteiger partial charge in [-0.2, -0.15) is 0 Å². The Morgan fingerprint density at radius 3 is 2.55 bits per heavy atom. The highest BCUT2D eigenvalue weighted by molar-refractivity contribution is 6.33. The summed E-state index contributed by atoms with van der Waals surface area (Å²) in [5.74, 6) is 0. The van der Waals surface area contributed by atoms with Crippen LogP contribution in [-0.2, 0) is 6.54 Å². The number of aryl methyl sites for hydroxylation is 1. The Morgan fingerprint density at radius 2 is 1.85 bits per heavy atom. The fourth-order valence-electron chi connectivity index (χ4n) is 2.34. The van der Waals surface area contributed by atoms with Crippen molar-refractivity contribution < 1.29 is 0 Å². The summed E-state index contributed by atoms with van der Waals surface area (Å²) in [5, 5.41) is 4.23. The maximum absolute atomic E-state index is 6.47. The van der Waals surface area contributed by atoms with E-state index in [2.05, 4.69) is 62.5 Å². The minimum atomic E-state index is 0.828. The summed E-state index contributed by atoms with van der Waals surface area (Å²) in [6.45, 7) is 8.37.